The molecule has 0 saturated heterocycles. The molecule has 2 aromatic heterocycles. The molecule has 0 unspecified atom stereocenters. The summed E-state index contributed by atoms with van der Waals surface area (Å²) in [4.78, 5) is 27.9. The summed E-state index contributed by atoms with van der Waals surface area (Å²) in [6, 6.07) is 15.5. The number of hydrogen-bond donors (Lipinski definition) is 1. The van der Waals surface area contributed by atoms with Crippen LogP contribution in [-0.4, -0.2) is 41.0 Å². The van der Waals surface area contributed by atoms with E-state index in [2.05, 4.69) is 20.3 Å². The molecule has 27 heavy (non-hydrogen) atoms. The number of anilines is 1. The largest absolute Gasteiger partial charge is 0.359 e. The lowest BCUT2D eigenvalue weighted by atomic mass is 10.2. The van der Waals surface area contributed by atoms with Crippen molar-refractivity contribution in [3.63, 3.8) is 0 Å². The van der Waals surface area contributed by atoms with Crippen molar-refractivity contribution in [1.29, 1.82) is 0 Å². The average molecular weight is 361 g/mol. The van der Waals surface area contributed by atoms with Gasteiger partial charge in [0.1, 0.15) is 11.4 Å². The van der Waals surface area contributed by atoms with Crippen LogP contribution in [0.5, 0.6) is 0 Å². The molecule has 138 valence electrons. The van der Waals surface area contributed by atoms with Crippen molar-refractivity contribution in [1.82, 2.24) is 20.3 Å². The molecule has 0 aliphatic heterocycles. The van der Waals surface area contributed by atoms with Gasteiger partial charge in [-0.15, -0.1) is 0 Å². The summed E-state index contributed by atoms with van der Waals surface area (Å²) in [7, 11) is 1.92. The highest BCUT2D eigenvalue weighted by molar-refractivity contribution is 5.98. The van der Waals surface area contributed by atoms with Gasteiger partial charge in [0.05, 0.1) is 0 Å². The topological polar surface area (TPSA) is 71.0 Å². The Morgan fingerprint density at radius 2 is 1.85 bits per heavy atom. The van der Waals surface area contributed by atoms with Gasteiger partial charge in [0.2, 0.25) is 0 Å². The molecule has 1 aromatic carbocycles. The Morgan fingerprint density at radius 1 is 1.07 bits per heavy atom. The number of carbonyl (C=O) groups is 1. The van der Waals surface area contributed by atoms with Crippen LogP contribution in [0.3, 0.4) is 0 Å². The van der Waals surface area contributed by atoms with Crippen LogP contribution in [0.15, 0.2) is 60.9 Å². The van der Waals surface area contributed by atoms with Crippen LogP contribution < -0.4 is 10.2 Å². The Hall–Kier alpha value is -3.28. The van der Waals surface area contributed by atoms with E-state index in [1.165, 1.54) is 0 Å². The summed E-state index contributed by atoms with van der Waals surface area (Å²) in [6.07, 6.45) is 4.03. The summed E-state index contributed by atoms with van der Waals surface area (Å²) in [6.45, 7) is 3.26. The third-order valence-electron chi connectivity index (χ3n) is 4.27. The highest BCUT2D eigenvalue weighted by Gasteiger charge is 2.17. The standard InChI is InChI=1S/C21H23N5O/c1-3-26(2)20-18(15-24-19(25-20)16-9-5-4-6-10-16)21(27)23-14-12-17-11-7-8-13-22-17/h4-11,13,15H,3,12,14H2,1-2H3,(H,23,27). The first kappa shape index (κ1) is 18.5. The number of aromatic nitrogens is 3. The molecule has 0 spiro atoms. The predicted octanol–water partition coefficient (Wildman–Crippen LogP) is 2.97. The molecule has 0 saturated carbocycles. The van der Waals surface area contributed by atoms with Gasteiger partial charge in [0.25, 0.3) is 5.91 Å². The molecular formula is C21H23N5O. The van der Waals surface area contributed by atoms with Crippen LogP contribution in [0, 0.1) is 0 Å². The third-order valence-corrected chi connectivity index (χ3v) is 4.27. The van der Waals surface area contributed by atoms with E-state index in [4.69, 9.17) is 0 Å². The molecule has 3 aromatic rings. The Labute approximate surface area is 159 Å². The van der Waals surface area contributed by atoms with Gasteiger partial charge in [0, 0.05) is 50.2 Å². The number of benzene rings is 1. The maximum atomic E-state index is 12.7. The zero-order valence-corrected chi connectivity index (χ0v) is 15.6. The molecule has 0 aliphatic carbocycles. The van der Waals surface area contributed by atoms with E-state index in [-0.39, 0.29) is 5.91 Å². The Kier molecular flexibility index (Phi) is 6.10. The van der Waals surface area contributed by atoms with Gasteiger partial charge in [-0.25, -0.2) is 9.97 Å². The second-order valence-corrected chi connectivity index (χ2v) is 6.14. The van der Waals surface area contributed by atoms with Gasteiger partial charge in [-0.2, -0.15) is 0 Å². The Morgan fingerprint density at radius 3 is 2.56 bits per heavy atom. The lowest BCUT2D eigenvalue weighted by Gasteiger charge is -2.19. The number of nitrogens with zero attached hydrogens (tertiary/aromatic N) is 4. The van der Waals surface area contributed by atoms with Gasteiger partial charge in [-0.05, 0) is 19.1 Å². The van der Waals surface area contributed by atoms with Crippen molar-refractivity contribution in [2.45, 2.75) is 13.3 Å². The SMILES string of the molecule is CCN(C)c1nc(-c2ccccc2)ncc1C(=O)NCCc1ccccn1. The van der Waals surface area contributed by atoms with E-state index in [0.717, 1.165) is 17.8 Å². The van der Waals surface area contributed by atoms with Gasteiger partial charge < -0.3 is 10.2 Å². The molecule has 6 nitrogen and oxygen atoms in total. The van der Waals surface area contributed by atoms with E-state index in [9.17, 15) is 4.79 Å². The van der Waals surface area contributed by atoms with Gasteiger partial charge in [0.15, 0.2) is 5.82 Å². The first-order valence-electron chi connectivity index (χ1n) is 9.00. The lowest BCUT2D eigenvalue weighted by molar-refractivity contribution is 0.0954. The first-order valence-corrected chi connectivity index (χ1v) is 9.00. The molecule has 1 amide bonds. The molecule has 2 heterocycles. The van der Waals surface area contributed by atoms with Crippen LogP contribution in [0.25, 0.3) is 11.4 Å². The number of pyridine rings is 1. The van der Waals surface area contributed by atoms with Gasteiger partial charge in [-0.3, -0.25) is 9.78 Å². The van der Waals surface area contributed by atoms with Gasteiger partial charge in [-0.1, -0.05) is 36.4 Å². The van der Waals surface area contributed by atoms with E-state index >= 15 is 0 Å². The molecule has 3 rings (SSSR count). The molecule has 0 radical (unpaired) electrons. The zero-order chi connectivity index (χ0) is 19.1. The minimum atomic E-state index is -0.180. The second-order valence-electron chi connectivity index (χ2n) is 6.14. The molecule has 1 N–H and O–H groups in total. The van der Waals surface area contributed by atoms with Crippen molar-refractivity contribution in [3.05, 3.63) is 72.2 Å². The molecule has 0 bridgehead atoms. The van der Waals surface area contributed by atoms with Crippen LogP contribution >= 0.6 is 0 Å². The molecule has 0 atom stereocenters. The molecule has 0 aliphatic rings. The van der Waals surface area contributed by atoms with Crippen LogP contribution in [0.2, 0.25) is 0 Å². The van der Waals surface area contributed by atoms with Crippen molar-refractivity contribution in [2.75, 3.05) is 25.0 Å². The van der Waals surface area contributed by atoms with Gasteiger partial charge >= 0.3 is 0 Å². The monoisotopic (exact) mass is 361 g/mol. The molecule has 0 fully saturated rings. The van der Waals surface area contributed by atoms with Crippen LogP contribution in [-0.2, 0) is 6.42 Å². The maximum Gasteiger partial charge on any atom is 0.256 e. The van der Waals surface area contributed by atoms with Crippen molar-refractivity contribution in [2.24, 2.45) is 0 Å². The zero-order valence-electron chi connectivity index (χ0n) is 15.6. The van der Waals surface area contributed by atoms with Crippen molar-refractivity contribution >= 4 is 11.7 Å². The minimum absolute atomic E-state index is 0.180. The summed E-state index contributed by atoms with van der Waals surface area (Å²) in [5, 5.41) is 2.94. The van der Waals surface area contributed by atoms with Crippen LogP contribution in [0.4, 0.5) is 5.82 Å². The summed E-state index contributed by atoms with van der Waals surface area (Å²) < 4.78 is 0. The van der Waals surface area contributed by atoms with E-state index < -0.39 is 0 Å². The molecule has 6 heteroatoms. The highest BCUT2D eigenvalue weighted by atomic mass is 16.1. The number of nitrogens with one attached hydrogen (secondary N) is 1. The van der Waals surface area contributed by atoms with Crippen molar-refractivity contribution in [3.8, 4) is 11.4 Å². The second kappa shape index (κ2) is 8.89. The first-order chi connectivity index (χ1) is 13.2. The van der Waals surface area contributed by atoms with E-state index in [1.54, 1.807) is 12.4 Å². The quantitative estimate of drug-likeness (QED) is 0.700. The van der Waals surface area contributed by atoms with E-state index in [1.807, 2.05) is 67.4 Å². The summed E-state index contributed by atoms with van der Waals surface area (Å²) >= 11 is 0. The number of rotatable bonds is 7. The number of hydrogen-bond acceptors (Lipinski definition) is 5. The fourth-order valence-corrected chi connectivity index (χ4v) is 2.65. The third kappa shape index (κ3) is 4.67. The predicted molar refractivity (Wildman–Crippen MR) is 107 cm³/mol. The lowest BCUT2D eigenvalue weighted by Crippen LogP contribution is -2.29. The van der Waals surface area contributed by atoms with E-state index in [0.29, 0.717) is 30.2 Å². The normalized spacial score (nSPS) is 10.4. The minimum Gasteiger partial charge on any atom is -0.359 e. The average Bonchev–Trinajstić information content (AvgIpc) is 2.74. The maximum absolute atomic E-state index is 12.7. The Bertz CT molecular complexity index is 884. The summed E-state index contributed by atoms with van der Waals surface area (Å²) in [5.74, 6) is 1.05. The fraction of sp³-hybridized carbons (Fsp3) is 0.238. The molecular weight excluding hydrogens is 338 g/mol. The highest BCUT2D eigenvalue weighted by Crippen LogP contribution is 2.21. The smallest absolute Gasteiger partial charge is 0.256 e. The van der Waals surface area contributed by atoms with Crippen molar-refractivity contribution < 1.29 is 4.79 Å². The summed E-state index contributed by atoms with van der Waals surface area (Å²) in [5.41, 5.74) is 2.34. The number of carbonyl (C=O) groups excluding carboxylic acids is 1. The fourth-order valence-electron chi connectivity index (χ4n) is 2.65. The van der Waals surface area contributed by atoms with Crippen LogP contribution in [0.1, 0.15) is 23.0 Å². The number of amides is 1. The Balaban J connectivity index is 1.78.